The normalized spacial score (nSPS) is 16.6. The summed E-state index contributed by atoms with van der Waals surface area (Å²) < 4.78 is 33.0. The molecule has 184 valence electrons. The van der Waals surface area contributed by atoms with E-state index in [0.29, 0.717) is 32.7 Å². The maximum atomic E-state index is 12.7. The second-order valence-electron chi connectivity index (χ2n) is 8.65. The van der Waals surface area contributed by atoms with Crippen LogP contribution in [-0.2, 0) is 14.8 Å². The maximum Gasteiger partial charge on any atom is 0.236 e. The van der Waals surface area contributed by atoms with E-state index in [4.69, 9.17) is 4.74 Å². The van der Waals surface area contributed by atoms with Crippen molar-refractivity contribution in [2.45, 2.75) is 12.2 Å². The number of benzene rings is 3. The van der Waals surface area contributed by atoms with Crippen molar-refractivity contribution >= 4 is 16.1 Å². The van der Waals surface area contributed by atoms with Crippen molar-refractivity contribution in [3.63, 3.8) is 0 Å². The van der Waals surface area contributed by atoms with E-state index in [1.54, 1.807) is 6.08 Å². The fourth-order valence-corrected chi connectivity index (χ4v) is 5.35. The molecule has 0 amide bonds. The molecule has 1 atom stereocenters. The summed E-state index contributed by atoms with van der Waals surface area (Å²) in [6.45, 7) is 2.54. The monoisotopic (exact) mass is 492 g/mol. The number of piperazine rings is 1. The summed E-state index contributed by atoms with van der Waals surface area (Å²) in [6, 6.07) is 29.3. The molecule has 0 radical (unpaired) electrons. The van der Waals surface area contributed by atoms with Crippen molar-refractivity contribution in [3.8, 4) is 0 Å². The number of hydrogen-bond acceptors (Lipinski definition) is 5. The van der Waals surface area contributed by atoms with E-state index >= 15 is 0 Å². The minimum absolute atomic E-state index is 0.187. The van der Waals surface area contributed by atoms with Gasteiger partial charge in [0, 0.05) is 38.1 Å². The molecule has 3 aromatic rings. The van der Waals surface area contributed by atoms with Crippen LogP contribution in [0.25, 0.3) is 6.08 Å². The SMILES string of the molecule is O=S(=O)(/C=C/c1ccccc1)N1CCN(CC(O)COC(c2ccccc2)c2ccccc2)CC1. The van der Waals surface area contributed by atoms with Gasteiger partial charge in [-0.25, -0.2) is 8.42 Å². The van der Waals surface area contributed by atoms with Gasteiger partial charge in [0.25, 0.3) is 0 Å². The Morgan fingerprint density at radius 2 is 1.31 bits per heavy atom. The van der Waals surface area contributed by atoms with Crippen LogP contribution in [0.1, 0.15) is 22.8 Å². The fraction of sp³-hybridized carbons (Fsp3) is 0.286. The van der Waals surface area contributed by atoms with Crippen molar-refractivity contribution in [2.75, 3.05) is 39.3 Å². The molecule has 0 aliphatic carbocycles. The summed E-state index contributed by atoms with van der Waals surface area (Å²) in [6.07, 6.45) is 0.690. The average Bonchev–Trinajstić information content (AvgIpc) is 2.90. The number of nitrogens with zero attached hydrogens (tertiary/aromatic N) is 2. The molecule has 0 aromatic heterocycles. The molecule has 7 heteroatoms. The van der Waals surface area contributed by atoms with Gasteiger partial charge in [-0.15, -0.1) is 0 Å². The topological polar surface area (TPSA) is 70.1 Å². The molecule has 6 nitrogen and oxygen atoms in total. The minimum Gasteiger partial charge on any atom is -0.389 e. The number of aliphatic hydroxyl groups is 1. The first-order valence-electron chi connectivity index (χ1n) is 11.9. The molecule has 1 aliphatic heterocycles. The number of rotatable bonds is 10. The minimum atomic E-state index is -3.48. The third-order valence-electron chi connectivity index (χ3n) is 6.05. The maximum absolute atomic E-state index is 12.7. The lowest BCUT2D eigenvalue weighted by molar-refractivity contribution is -0.0116. The Hall–Kier alpha value is -2.81. The highest BCUT2D eigenvalue weighted by Crippen LogP contribution is 2.26. The number of β-amino-alcohol motifs (C(OH)–C–C–N with tert-alkyl or cyclic N) is 1. The van der Waals surface area contributed by atoms with Gasteiger partial charge >= 0.3 is 0 Å². The highest BCUT2D eigenvalue weighted by atomic mass is 32.2. The predicted molar refractivity (Wildman–Crippen MR) is 139 cm³/mol. The highest BCUT2D eigenvalue weighted by Gasteiger charge is 2.26. The van der Waals surface area contributed by atoms with Crippen LogP contribution in [0.2, 0.25) is 0 Å². The van der Waals surface area contributed by atoms with Crippen LogP contribution in [-0.4, -0.2) is 68.2 Å². The van der Waals surface area contributed by atoms with E-state index in [9.17, 15) is 13.5 Å². The molecule has 1 saturated heterocycles. The van der Waals surface area contributed by atoms with Gasteiger partial charge in [-0.05, 0) is 22.8 Å². The van der Waals surface area contributed by atoms with Gasteiger partial charge < -0.3 is 9.84 Å². The van der Waals surface area contributed by atoms with Crippen molar-refractivity contribution in [1.29, 1.82) is 0 Å². The number of aliphatic hydroxyl groups excluding tert-OH is 1. The Balaban J connectivity index is 1.28. The second kappa shape index (κ2) is 12.2. The van der Waals surface area contributed by atoms with Crippen molar-refractivity contribution < 1.29 is 18.3 Å². The van der Waals surface area contributed by atoms with E-state index in [0.717, 1.165) is 16.7 Å². The van der Waals surface area contributed by atoms with E-state index < -0.39 is 16.1 Å². The Labute approximate surface area is 208 Å². The Morgan fingerprint density at radius 3 is 1.86 bits per heavy atom. The zero-order chi connectivity index (χ0) is 24.5. The first-order valence-corrected chi connectivity index (χ1v) is 13.4. The van der Waals surface area contributed by atoms with Gasteiger partial charge in [0.15, 0.2) is 0 Å². The average molecular weight is 493 g/mol. The Kier molecular flexibility index (Phi) is 8.84. The predicted octanol–water partition coefficient (Wildman–Crippen LogP) is 3.77. The first kappa shape index (κ1) is 25.3. The summed E-state index contributed by atoms with van der Waals surface area (Å²) in [5, 5.41) is 11.9. The van der Waals surface area contributed by atoms with Crippen LogP contribution in [0.5, 0.6) is 0 Å². The number of ether oxygens (including phenoxy) is 1. The summed E-state index contributed by atoms with van der Waals surface area (Å²) >= 11 is 0. The van der Waals surface area contributed by atoms with Crippen LogP contribution in [0.15, 0.2) is 96.4 Å². The van der Waals surface area contributed by atoms with Gasteiger partial charge in [-0.2, -0.15) is 4.31 Å². The molecule has 0 bridgehead atoms. The lowest BCUT2D eigenvalue weighted by Gasteiger charge is -2.34. The summed E-state index contributed by atoms with van der Waals surface area (Å²) in [7, 11) is -3.48. The zero-order valence-corrected chi connectivity index (χ0v) is 20.5. The molecule has 1 N–H and O–H groups in total. The van der Waals surface area contributed by atoms with E-state index in [1.807, 2.05) is 91.0 Å². The van der Waals surface area contributed by atoms with Gasteiger partial charge in [-0.1, -0.05) is 91.0 Å². The number of sulfonamides is 1. The molecule has 0 spiro atoms. The number of hydrogen-bond donors (Lipinski definition) is 1. The van der Waals surface area contributed by atoms with Crippen molar-refractivity contribution in [2.24, 2.45) is 0 Å². The molecule has 1 aliphatic rings. The highest BCUT2D eigenvalue weighted by molar-refractivity contribution is 7.92. The zero-order valence-electron chi connectivity index (χ0n) is 19.7. The van der Waals surface area contributed by atoms with Crippen LogP contribution in [0.3, 0.4) is 0 Å². The quantitative estimate of drug-likeness (QED) is 0.467. The van der Waals surface area contributed by atoms with Crippen molar-refractivity contribution in [3.05, 3.63) is 113 Å². The lowest BCUT2D eigenvalue weighted by Crippen LogP contribution is -2.50. The summed E-state index contributed by atoms with van der Waals surface area (Å²) in [4.78, 5) is 2.08. The third-order valence-corrected chi connectivity index (χ3v) is 7.62. The smallest absolute Gasteiger partial charge is 0.236 e. The molecule has 1 unspecified atom stereocenters. The fourth-order valence-electron chi connectivity index (χ4n) is 4.18. The van der Waals surface area contributed by atoms with E-state index in [-0.39, 0.29) is 12.7 Å². The van der Waals surface area contributed by atoms with Crippen molar-refractivity contribution in [1.82, 2.24) is 9.21 Å². The van der Waals surface area contributed by atoms with Gasteiger partial charge in [0.2, 0.25) is 10.0 Å². The van der Waals surface area contributed by atoms with E-state index in [2.05, 4.69) is 4.90 Å². The molecule has 4 rings (SSSR count). The molecule has 0 saturated carbocycles. The lowest BCUT2D eigenvalue weighted by atomic mass is 10.0. The molecule has 1 fully saturated rings. The van der Waals surface area contributed by atoms with Crippen LogP contribution < -0.4 is 0 Å². The summed E-state index contributed by atoms with van der Waals surface area (Å²) in [5.74, 6) is 0. The second-order valence-corrected chi connectivity index (χ2v) is 10.5. The molecular formula is C28H32N2O4S. The molecule has 1 heterocycles. The molecule has 35 heavy (non-hydrogen) atoms. The van der Waals surface area contributed by atoms with Gasteiger partial charge in [-0.3, -0.25) is 4.90 Å². The van der Waals surface area contributed by atoms with Crippen LogP contribution in [0.4, 0.5) is 0 Å². The third kappa shape index (κ3) is 7.34. The standard InChI is InChI=1S/C28H32N2O4S/c31-27(23-34-28(25-12-6-2-7-13-25)26-14-8-3-9-15-26)22-29-17-19-30(20-18-29)35(32,33)21-16-24-10-4-1-5-11-24/h1-16,21,27-28,31H,17-20,22-23H2/b21-16+. The molecular weight excluding hydrogens is 460 g/mol. The molecule has 3 aromatic carbocycles. The van der Waals surface area contributed by atoms with Crippen LogP contribution in [0, 0.1) is 0 Å². The largest absolute Gasteiger partial charge is 0.389 e. The summed E-state index contributed by atoms with van der Waals surface area (Å²) in [5.41, 5.74) is 2.92. The van der Waals surface area contributed by atoms with Crippen LogP contribution >= 0.6 is 0 Å². The van der Waals surface area contributed by atoms with Gasteiger partial charge in [0.1, 0.15) is 6.10 Å². The van der Waals surface area contributed by atoms with E-state index in [1.165, 1.54) is 9.71 Å². The first-order chi connectivity index (χ1) is 17.0. The van der Waals surface area contributed by atoms with Gasteiger partial charge in [0.05, 0.1) is 12.7 Å². The Morgan fingerprint density at radius 1 is 0.800 bits per heavy atom. The Bertz CT molecular complexity index is 1120.